The number of hydrogen-bond donors (Lipinski definition) is 1. The first kappa shape index (κ1) is 9.18. The zero-order valence-corrected chi connectivity index (χ0v) is 6.82. The largest absolute Gasteiger partial charge is 0.378 e. The van der Waals surface area contributed by atoms with Crippen molar-refractivity contribution >= 4 is 0 Å². The fraction of sp³-hybridized carbons (Fsp3) is 0.571. The van der Waals surface area contributed by atoms with E-state index in [1.807, 2.05) is 0 Å². The Kier molecular flexibility index (Phi) is 3.72. The smallest absolute Gasteiger partial charge is 0.162 e. The van der Waals surface area contributed by atoms with Gasteiger partial charge in [0.25, 0.3) is 0 Å². The van der Waals surface area contributed by atoms with Gasteiger partial charge in [0.05, 0.1) is 6.61 Å². The van der Waals surface area contributed by atoms with E-state index in [0.29, 0.717) is 18.1 Å². The van der Waals surface area contributed by atoms with Gasteiger partial charge < -0.3 is 19.1 Å². The van der Waals surface area contributed by atoms with Crippen molar-refractivity contribution in [3.05, 3.63) is 17.5 Å². The SMILES string of the molecule is COCc1cc(COCO)on1. The minimum atomic E-state index is -0.319. The predicted octanol–water partition coefficient (Wildman–Crippen LogP) is 0.287. The Balaban J connectivity index is 2.41. The third-order valence-corrected chi connectivity index (χ3v) is 1.24. The summed E-state index contributed by atoms with van der Waals surface area (Å²) in [6, 6.07) is 1.72. The summed E-state index contributed by atoms with van der Waals surface area (Å²) in [5.41, 5.74) is 0.717. The van der Waals surface area contributed by atoms with Crippen molar-refractivity contribution < 1.29 is 19.1 Å². The van der Waals surface area contributed by atoms with E-state index in [1.165, 1.54) is 0 Å². The summed E-state index contributed by atoms with van der Waals surface area (Å²) in [6.07, 6.45) is 0. The lowest BCUT2D eigenvalue weighted by Gasteiger charge is -1.92. The number of aliphatic hydroxyl groups excluding tert-OH is 1. The molecule has 68 valence electrons. The van der Waals surface area contributed by atoms with Crippen LogP contribution < -0.4 is 0 Å². The van der Waals surface area contributed by atoms with Gasteiger partial charge in [-0.05, 0) is 0 Å². The fourth-order valence-electron chi connectivity index (χ4n) is 0.786. The summed E-state index contributed by atoms with van der Waals surface area (Å²) in [4.78, 5) is 0. The van der Waals surface area contributed by atoms with Crippen LogP contribution in [0.4, 0.5) is 0 Å². The van der Waals surface area contributed by atoms with E-state index in [-0.39, 0.29) is 13.4 Å². The number of aromatic nitrogens is 1. The zero-order chi connectivity index (χ0) is 8.81. The first-order valence-electron chi connectivity index (χ1n) is 3.49. The maximum Gasteiger partial charge on any atom is 0.162 e. The normalized spacial score (nSPS) is 10.5. The second kappa shape index (κ2) is 4.87. The highest BCUT2D eigenvalue weighted by Gasteiger charge is 2.02. The van der Waals surface area contributed by atoms with Crippen LogP contribution in [0.15, 0.2) is 10.6 Å². The Morgan fingerprint density at radius 2 is 2.42 bits per heavy atom. The molecule has 1 rings (SSSR count). The van der Waals surface area contributed by atoms with E-state index >= 15 is 0 Å². The molecule has 0 aliphatic rings. The molecule has 0 aromatic carbocycles. The lowest BCUT2D eigenvalue weighted by atomic mass is 10.4. The zero-order valence-electron chi connectivity index (χ0n) is 6.82. The molecule has 1 heterocycles. The van der Waals surface area contributed by atoms with E-state index in [1.54, 1.807) is 13.2 Å². The molecule has 5 nitrogen and oxygen atoms in total. The molecule has 0 radical (unpaired) electrons. The molecule has 0 aliphatic carbocycles. The van der Waals surface area contributed by atoms with Crippen molar-refractivity contribution in [2.24, 2.45) is 0 Å². The molecule has 0 spiro atoms. The van der Waals surface area contributed by atoms with Crippen LogP contribution in [0.2, 0.25) is 0 Å². The van der Waals surface area contributed by atoms with Gasteiger partial charge >= 0.3 is 0 Å². The van der Waals surface area contributed by atoms with E-state index in [9.17, 15) is 0 Å². The Hall–Kier alpha value is -0.910. The lowest BCUT2D eigenvalue weighted by Crippen LogP contribution is -1.91. The highest BCUT2D eigenvalue weighted by Crippen LogP contribution is 2.05. The fourth-order valence-corrected chi connectivity index (χ4v) is 0.786. The molecule has 1 N–H and O–H groups in total. The molecule has 1 aromatic rings. The Morgan fingerprint density at radius 1 is 1.58 bits per heavy atom. The van der Waals surface area contributed by atoms with Crippen molar-refractivity contribution in [1.29, 1.82) is 0 Å². The van der Waals surface area contributed by atoms with Crippen molar-refractivity contribution in [1.82, 2.24) is 5.16 Å². The lowest BCUT2D eigenvalue weighted by molar-refractivity contribution is -0.0190. The van der Waals surface area contributed by atoms with Crippen LogP contribution in [0.5, 0.6) is 0 Å². The second-order valence-corrected chi connectivity index (χ2v) is 2.20. The average Bonchev–Trinajstić information content (AvgIpc) is 2.50. The average molecular weight is 173 g/mol. The van der Waals surface area contributed by atoms with Crippen molar-refractivity contribution in [3.8, 4) is 0 Å². The Morgan fingerprint density at radius 3 is 3.08 bits per heavy atom. The molecular formula is C7H11NO4. The highest BCUT2D eigenvalue weighted by molar-refractivity contribution is 5.03. The van der Waals surface area contributed by atoms with E-state index in [0.717, 1.165) is 0 Å². The standard InChI is InChI=1S/C7H11NO4/c1-10-3-6-2-7(12-8-6)4-11-5-9/h2,9H,3-5H2,1H3. The van der Waals surface area contributed by atoms with Crippen molar-refractivity contribution in [3.63, 3.8) is 0 Å². The molecule has 0 saturated heterocycles. The first-order valence-corrected chi connectivity index (χ1v) is 3.49. The van der Waals surface area contributed by atoms with Crippen LogP contribution in [0, 0.1) is 0 Å². The summed E-state index contributed by atoms with van der Waals surface area (Å²) in [6.45, 7) is 0.330. The summed E-state index contributed by atoms with van der Waals surface area (Å²) in [7, 11) is 1.58. The molecule has 0 aliphatic heterocycles. The maximum atomic E-state index is 8.33. The summed E-state index contributed by atoms with van der Waals surface area (Å²) in [5, 5.41) is 12.0. The van der Waals surface area contributed by atoms with Crippen LogP contribution in [-0.2, 0) is 22.7 Å². The minimum absolute atomic E-state index is 0.229. The minimum Gasteiger partial charge on any atom is -0.378 e. The number of rotatable bonds is 5. The third-order valence-electron chi connectivity index (χ3n) is 1.24. The number of methoxy groups -OCH3 is 1. The van der Waals surface area contributed by atoms with Gasteiger partial charge in [0, 0.05) is 13.2 Å². The van der Waals surface area contributed by atoms with Gasteiger partial charge in [-0.1, -0.05) is 5.16 Å². The molecule has 0 amide bonds. The topological polar surface area (TPSA) is 64.7 Å². The van der Waals surface area contributed by atoms with Crippen molar-refractivity contribution in [2.75, 3.05) is 13.9 Å². The molecule has 12 heavy (non-hydrogen) atoms. The number of aliphatic hydroxyl groups is 1. The van der Waals surface area contributed by atoms with Gasteiger partial charge in [-0.2, -0.15) is 0 Å². The molecule has 1 aromatic heterocycles. The maximum absolute atomic E-state index is 8.33. The van der Waals surface area contributed by atoms with Crippen molar-refractivity contribution in [2.45, 2.75) is 13.2 Å². The number of ether oxygens (including phenoxy) is 2. The van der Waals surface area contributed by atoms with Gasteiger partial charge in [-0.15, -0.1) is 0 Å². The second-order valence-electron chi connectivity index (χ2n) is 2.20. The Bertz CT molecular complexity index is 223. The van der Waals surface area contributed by atoms with Crippen LogP contribution in [0.3, 0.4) is 0 Å². The van der Waals surface area contributed by atoms with Gasteiger partial charge in [-0.3, -0.25) is 0 Å². The quantitative estimate of drug-likeness (QED) is 0.648. The predicted molar refractivity (Wildman–Crippen MR) is 39.1 cm³/mol. The molecule has 5 heteroatoms. The van der Waals surface area contributed by atoms with Crippen LogP contribution in [-0.4, -0.2) is 24.2 Å². The van der Waals surface area contributed by atoms with Crippen LogP contribution in [0.1, 0.15) is 11.5 Å². The molecule has 0 saturated carbocycles. The summed E-state index contributed by atoms with van der Waals surface area (Å²) < 4.78 is 14.4. The van der Waals surface area contributed by atoms with E-state index < -0.39 is 0 Å². The third kappa shape index (κ3) is 2.61. The van der Waals surface area contributed by atoms with Crippen LogP contribution >= 0.6 is 0 Å². The monoisotopic (exact) mass is 173 g/mol. The number of hydrogen-bond acceptors (Lipinski definition) is 5. The first-order chi connectivity index (χ1) is 5.86. The van der Waals surface area contributed by atoms with Gasteiger partial charge in [0.1, 0.15) is 19.1 Å². The highest BCUT2D eigenvalue weighted by atomic mass is 16.6. The van der Waals surface area contributed by atoms with E-state index in [4.69, 9.17) is 19.1 Å². The van der Waals surface area contributed by atoms with Gasteiger partial charge in [-0.25, -0.2) is 0 Å². The van der Waals surface area contributed by atoms with E-state index in [2.05, 4.69) is 5.16 Å². The van der Waals surface area contributed by atoms with Crippen LogP contribution in [0.25, 0.3) is 0 Å². The molecule has 0 unspecified atom stereocenters. The van der Waals surface area contributed by atoms with Gasteiger partial charge in [0.2, 0.25) is 0 Å². The summed E-state index contributed by atoms with van der Waals surface area (Å²) in [5.74, 6) is 0.580. The molecular weight excluding hydrogens is 162 g/mol. The number of nitrogens with zero attached hydrogens (tertiary/aromatic N) is 1. The van der Waals surface area contributed by atoms with Gasteiger partial charge in [0.15, 0.2) is 5.76 Å². The molecule has 0 atom stereocenters. The summed E-state index contributed by atoms with van der Waals surface area (Å²) >= 11 is 0. The molecule has 0 bridgehead atoms. The Labute approximate surface area is 69.9 Å². The molecule has 0 fully saturated rings.